The Balaban J connectivity index is 1.72. The van der Waals surface area contributed by atoms with E-state index in [9.17, 15) is 9.59 Å². The van der Waals surface area contributed by atoms with Crippen molar-refractivity contribution in [3.05, 3.63) is 66.2 Å². The molecule has 0 bridgehead atoms. The van der Waals surface area contributed by atoms with Crippen LogP contribution in [0.2, 0.25) is 0 Å². The Bertz CT molecular complexity index is 935. The number of amides is 2. The monoisotopic (exact) mass is 319 g/mol. The number of rotatable bonds is 2. The SMILES string of the molecule is Cc1ccc(NC(=O)C(=O)Nc2ccc3ccccc3c2)c(N)c1. The van der Waals surface area contributed by atoms with E-state index in [1.807, 2.05) is 49.4 Å². The molecule has 0 unspecified atom stereocenters. The van der Waals surface area contributed by atoms with Gasteiger partial charge in [0.2, 0.25) is 0 Å². The van der Waals surface area contributed by atoms with Crippen molar-refractivity contribution in [3.63, 3.8) is 0 Å². The van der Waals surface area contributed by atoms with Gasteiger partial charge in [0.15, 0.2) is 0 Å². The van der Waals surface area contributed by atoms with Gasteiger partial charge in [-0.1, -0.05) is 36.4 Å². The van der Waals surface area contributed by atoms with Gasteiger partial charge in [0.1, 0.15) is 0 Å². The topological polar surface area (TPSA) is 84.2 Å². The molecular formula is C19H17N3O2. The van der Waals surface area contributed by atoms with Crippen LogP contribution in [-0.2, 0) is 9.59 Å². The first-order valence-electron chi connectivity index (χ1n) is 7.50. The van der Waals surface area contributed by atoms with Gasteiger partial charge in [0.25, 0.3) is 0 Å². The first-order valence-corrected chi connectivity index (χ1v) is 7.50. The van der Waals surface area contributed by atoms with Crippen LogP contribution in [0.15, 0.2) is 60.7 Å². The molecule has 0 aliphatic heterocycles. The largest absolute Gasteiger partial charge is 0.397 e. The number of aryl methyl sites for hydroxylation is 1. The molecule has 120 valence electrons. The highest BCUT2D eigenvalue weighted by molar-refractivity contribution is 6.44. The quantitative estimate of drug-likeness (QED) is 0.500. The summed E-state index contributed by atoms with van der Waals surface area (Å²) in [6, 6.07) is 18.5. The van der Waals surface area contributed by atoms with E-state index < -0.39 is 11.8 Å². The molecule has 4 N–H and O–H groups in total. The van der Waals surface area contributed by atoms with Crippen molar-refractivity contribution in [1.29, 1.82) is 0 Å². The average Bonchev–Trinajstić information content (AvgIpc) is 2.57. The van der Waals surface area contributed by atoms with E-state index >= 15 is 0 Å². The highest BCUT2D eigenvalue weighted by Gasteiger charge is 2.15. The summed E-state index contributed by atoms with van der Waals surface area (Å²) in [7, 11) is 0. The van der Waals surface area contributed by atoms with Crippen molar-refractivity contribution in [2.75, 3.05) is 16.4 Å². The maximum Gasteiger partial charge on any atom is 0.314 e. The van der Waals surface area contributed by atoms with Gasteiger partial charge < -0.3 is 16.4 Å². The Labute approximate surface area is 139 Å². The summed E-state index contributed by atoms with van der Waals surface area (Å²) in [6.45, 7) is 1.90. The van der Waals surface area contributed by atoms with Gasteiger partial charge in [-0.3, -0.25) is 9.59 Å². The molecule has 3 rings (SSSR count). The van der Waals surface area contributed by atoms with Gasteiger partial charge in [-0.05, 0) is 47.5 Å². The summed E-state index contributed by atoms with van der Waals surface area (Å²) >= 11 is 0. The van der Waals surface area contributed by atoms with Crippen molar-refractivity contribution in [2.45, 2.75) is 6.92 Å². The molecule has 0 saturated heterocycles. The number of nitrogens with one attached hydrogen (secondary N) is 2. The van der Waals surface area contributed by atoms with Crippen LogP contribution in [0.3, 0.4) is 0 Å². The molecular weight excluding hydrogens is 302 g/mol. The molecule has 0 radical (unpaired) electrons. The maximum absolute atomic E-state index is 12.1. The summed E-state index contributed by atoms with van der Waals surface area (Å²) in [5.74, 6) is -1.51. The number of benzene rings is 3. The van der Waals surface area contributed by atoms with Crippen molar-refractivity contribution in [2.24, 2.45) is 0 Å². The predicted molar refractivity (Wildman–Crippen MR) is 96.8 cm³/mol. The molecule has 5 nitrogen and oxygen atoms in total. The number of nitrogens with two attached hydrogens (primary N) is 1. The number of fused-ring (bicyclic) bond motifs is 1. The first-order chi connectivity index (χ1) is 11.5. The lowest BCUT2D eigenvalue weighted by Crippen LogP contribution is -2.29. The van der Waals surface area contributed by atoms with Gasteiger partial charge in [0.05, 0.1) is 11.4 Å². The van der Waals surface area contributed by atoms with E-state index in [1.54, 1.807) is 18.2 Å². The summed E-state index contributed by atoms with van der Waals surface area (Å²) < 4.78 is 0. The fourth-order valence-electron chi connectivity index (χ4n) is 2.43. The minimum absolute atomic E-state index is 0.416. The lowest BCUT2D eigenvalue weighted by atomic mass is 10.1. The van der Waals surface area contributed by atoms with Crippen LogP contribution >= 0.6 is 0 Å². The highest BCUT2D eigenvalue weighted by Crippen LogP contribution is 2.20. The number of carbonyl (C=O) groups excluding carboxylic acids is 2. The van der Waals surface area contributed by atoms with Crippen LogP contribution < -0.4 is 16.4 Å². The first kappa shape index (κ1) is 15.6. The molecule has 3 aromatic carbocycles. The molecule has 0 spiro atoms. The molecule has 0 aliphatic carbocycles. The van der Waals surface area contributed by atoms with E-state index in [2.05, 4.69) is 10.6 Å². The molecule has 0 aliphatic rings. The number of hydrogen-bond donors (Lipinski definition) is 3. The van der Waals surface area contributed by atoms with Crippen LogP contribution in [0.25, 0.3) is 10.8 Å². The Morgan fingerprint density at radius 2 is 1.54 bits per heavy atom. The Morgan fingerprint density at radius 3 is 2.29 bits per heavy atom. The molecule has 0 atom stereocenters. The zero-order chi connectivity index (χ0) is 17.1. The zero-order valence-corrected chi connectivity index (χ0v) is 13.2. The molecule has 24 heavy (non-hydrogen) atoms. The van der Waals surface area contributed by atoms with Crippen LogP contribution in [0.1, 0.15) is 5.56 Å². The lowest BCUT2D eigenvalue weighted by molar-refractivity contribution is -0.132. The van der Waals surface area contributed by atoms with E-state index in [0.29, 0.717) is 17.1 Å². The molecule has 5 heteroatoms. The zero-order valence-electron chi connectivity index (χ0n) is 13.2. The predicted octanol–water partition coefficient (Wildman–Crippen LogP) is 3.31. The molecule has 0 saturated carbocycles. The number of hydrogen-bond acceptors (Lipinski definition) is 3. The third-order valence-corrected chi connectivity index (χ3v) is 3.67. The minimum Gasteiger partial charge on any atom is -0.397 e. The number of nitrogen functional groups attached to an aromatic ring is 1. The average molecular weight is 319 g/mol. The fourth-order valence-corrected chi connectivity index (χ4v) is 2.43. The normalized spacial score (nSPS) is 10.4. The van der Waals surface area contributed by atoms with Crippen LogP contribution in [0.4, 0.5) is 17.1 Å². The van der Waals surface area contributed by atoms with Gasteiger partial charge in [0, 0.05) is 5.69 Å². The molecule has 3 aromatic rings. The molecule has 0 heterocycles. The van der Waals surface area contributed by atoms with Crippen LogP contribution in [-0.4, -0.2) is 11.8 Å². The molecule has 0 aromatic heterocycles. The van der Waals surface area contributed by atoms with Crippen LogP contribution in [0.5, 0.6) is 0 Å². The molecule has 0 fully saturated rings. The number of carbonyl (C=O) groups is 2. The van der Waals surface area contributed by atoms with Crippen LogP contribution in [0, 0.1) is 6.92 Å². The van der Waals surface area contributed by atoms with E-state index in [4.69, 9.17) is 5.73 Å². The van der Waals surface area contributed by atoms with Crippen molar-refractivity contribution in [3.8, 4) is 0 Å². The van der Waals surface area contributed by atoms with Crippen molar-refractivity contribution in [1.82, 2.24) is 0 Å². The van der Waals surface area contributed by atoms with Gasteiger partial charge in [-0.2, -0.15) is 0 Å². The third-order valence-electron chi connectivity index (χ3n) is 3.67. The second-order valence-electron chi connectivity index (χ2n) is 5.56. The highest BCUT2D eigenvalue weighted by atomic mass is 16.2. The third kappa shape index (κ3) is 3.35. The lowest BCUT2D eigenvalue weighted by Gasteiger charge is -2.09. The summed E-state index contributed by atoms with van der Waals surface area (Å²) in [5, 5.41) is 7.16. The Kier molecular flexibility index (Phi) is 4.16. The van der Waals surface area contributed by atoms with Gasteiger partial charge >= 0.3 is 11.8 Å². The minimum atomic E-state index is -0.765. The maximum atomic E-state index is 12.1. The van der Waals surface area contributed by atoms with Crippen molar-refractivity contribution >= 4 is 39.6 Å². The molecule has 2 amide bonds. The summed E-state index contributed by atoms with van der Waals surface area (Å²) in [4.78, 5) is 24.1. The summed E-state index contributed by atoms with van der Waals surface area (Å²) in [6.07, 6.45) is 0. The second kappa shape index (κ2) is 6.42. The van der Waals surface area contributed by atoms with Gasteiger partial charge in [-0.25, -0.2) is 0 Å². The number of anilines is 3. The van der Waals surface area contributed by atoms with E-state index in [1.165, 1.54) is 0 Å². The fraction of sp³-hybridized carbons (Fsp3) is 0.0526. The standard InChI is InChI=1S/C19H17N3O2/c1-12-6-9-17(16(20)10-12)22-19(24)18(23)21-15-8-7-13-4-2-3-5-14(13)11-15/h2-11H,20H2,1H3,(H,21,23)(H,22,24). The Morgan fingerprint density at radius 1 is 0.833 bits per heavy atom. The van der Waals surface area contributed by atoms with Gasteiger partial charge in [-0.15, -0.1) is 0 Å². The van der Waals surface area contributed by atoms with E-state index in [0.717, 1.165) is 16.3 Å². The van der Waals surface area contributed by atoms with Crippen molar-refractivity contribution < 1.29 is 9.59 Å². The Hall–Kier alpha value is -3.34. The smallest absolute Gasteiger partial charge is 0.314 e. The summed E-state index contributed by atoms with van der Waals surface area (Å²) in [5.41, 5.74) is 8.21. The second-order valence-corrected chi connectivity index (χ2v) is 5.56. The van der Waals surface area contributed by atoms with E-state index in [-0.39, 0.29) is 0 Å².